The molecule has 0 bridgehead atoms. The molecule has 0 aliphatic heterocycles. The number of fused-ring (bicyclic) bond motifs is 1. The van der Waals surface area contributed by atoms with E-state index in [2.05, 4.69) is 15.3 Å². The van der Waals surface area contributed by atoms with Crippen LogP contribution in [0.4, 0.5) is 0 Å². The largest absolute Gasteiger partial charge is 0.368 e. The van der Waals surface area contributed by atoms with E-state index >= 15 is 0 Å². The standard InChI is InChI=1S/C15H18N4O2/c1-9(2)15(21)19-13(14(16)20)7-10-8-17-11-5-3-4-6-12(11)18-10/h3-6,8-9,13H,7H2,1-2H3,(H2,16,20)(H,19,21)/t13-/m1/s1. The van der Waals surface area contributed by atoms with Crippen LogP contribution in [0.15, 0.2) is 30.5 Å². The zero-order valence-electron chi connectivity index (χ0n) is 12.0. The molecule has 1 atom stereocenters. The Bertz CT molecular complexity index is 670. The number of rotatable bonds is 5. The second-order valence-electron chi connectivity index (χ2n) is 5.17. The summed E-state index contributed by atoms with van der Waals surface area (Å²) in [5, 5.41) is 2.63. The Balaban J connectivity index is 2.18. The van der Waals surface area contributed by atoms with Crippen molar-refractivity contribution in [1.29, 1.82) is 0 Å². The molecule has 0 spiro atoms. The second kappa shape index (κ2) is 6.30. The van der Waals surface area contributed by atoms with Crippen LogP contribution in [0.1, 0.15) is 19.5 Å². The topological polar surface area (TPSA) is 98.0 Å². The molecule has 0 saturated carbocycles. The summed E-state index contributed by atoms with van der Waals surface area (Å²) < 4.78 is 0. The first-order valence-corrected chi connectivity index (χ1v) is 6.77. The van der Waals surface area contributed by atoms with E-state index in [9.17, 15) is 9.59 Å². The number of hydrogen-bond donors (Lipinski definition) is 2. The van der Waals surface area contributed by atoms with Crippen LogP contribution in [0.5, 0.6) is 0 Å². The number of carbonyl (C=O) groups excluding carboxylic acids is 2. The van der Waals surface area contributed by atoms with Crippen molar-refractivity contribution in [3.63, 3.8) is 0 Å². The molecule has 0 radical (unpaired) electrons. The Morgan fingerprint density at radius 3 is 2.52 bits per heavy atom. The highest BCUT2D eigenvalue weighted by Gasteiger charge is 2.20. The van der Waals surface area contributed by atoms with E-state index in [-0.39, 0.29) is 18.2 Å². The van der Waals surface area contributed by atoms with E-state index < -0.39 is 11.9 Å². The lowest BCUT2D eigenvalue weighted by Gasteiger charge is -2.16. The number of benzene rings is 1. The predicted molar refractivity (Wildman–Crippen MR) is 79.2 cm³/mol. The molecule has 0 saturated heterocycles. The van der Waals surface area contributed by atoms with Gasteiger partial charge in [-0.1, -0.05) is 26.0 Å². The first kappa shape index (κ1) is 14.9. The van der Waals surface area contributed by atoms with Gasteiger partial charge in [0.05, 0.1) is 16.7 Å². The van der Waals surface area contributed by atoms with Gasteiger partial charge in [-0.3, -0.25) is 14.6 Å². The van der Waals surface area contributed by atoms with Gasteiger partial charge in [-0.2, -0.15) is 0 Å². The summed E-state index contributed by atoms with van der Waals surface area (Å²) in [5.41, 5.74) is 7.48. The number of nitrogens with zero attached hydrogens (tertiary/aromatic N) is 2. The minimum Gasteiger partial charge on any atom is -0.368 e. The molecule has 0 unspecified atom stereocenters. The van der Waals surface area contributed by atoms with Gasteiger partial charge in [-0.15, -0.1) is 0 Å². The van der Waals surface area contributed by atoms with E-state index in [0.717, 1.165) is 11.0 Å². The third-order valence-corrected chi connectivity index (χ3v) is 3.10. The molecular formula is C15H18N4O2. The number of aromatic nitrogens is 2. The third-order valence-electron chi connectivity index (χ3n) is 3.10. The minimum atomic E-state index is -0.782. The van der Waals surface area contributed by atoms with E-state index in [1.165, 1.54) is 0 Å². The van der Waals surface area contributed by atoms with Gasteiger partial charge in [0, 0.05) is 18.5 Å². The summed E-state index contributed by atoms with van der Waals surface area (Å²) in [5.74, 6) is -1.01. The lowest BCUT2D eigenvalue weighted by molar-refractivity contribution is -0.129. The van der Waals surface area contributed by atoms with Crippen LogP contribution in [0.3, 0.4) is 0 Å². The molecule has 2 aromatic rings. The van der Waals surface area contributed by atoms with Crippen molar-refractivity contribution in [2.45, 2.75) is 26.3 Å². The highest BCUT2D eigenvalue weighted by Crippen LogP contribution is 2.10. The minimum absolute atomic E-state index is 0.213. The van der Waals surface area contributed by atoms with E-state index in [1.807, 2.05) is 24.3 Å². The molecule has 6 heteroatoms. The van der Waals surface area contributed by atoms with Gasteiger partial charge < -0.3 is 11.1 Å². The maximum Gasteiger partial charge on any atom is 0.240 e. The molecule has 21 heavy (non-hydrogen) atoms. The molecule has 1 heterocycles. The van der Waals surface area contributed by atoms with Crippen LogP contribution in [0, 0.1) is 5.92 Å². The molecule has 3 N–H and O–H groups in total. The van der Waals surface area contributed by atoms with Gasteiger partial charge in [0.1, 0.15) is 6.04 Å². The van der Waals surface area contributed by atoms with Gasteiger partial charge in [0.25, 0.3) is 0 Å². The fourth-order valence-corrected chi connectivity index (χ4v) is 1.86. The van der Waals surface area contributed by atoms with Crippen LogP contribution < -0.4 is 11.1 Å². The molecule has 0 fully saturated rings. The van der Waals surface area contributed by atoms with Gasteiger partial charge in [-0.25, -0.2) is 4.98 Å². The second-order valence-corrected chi connectivity index (χ2v) is 5.17. The van der Waals surface area contributed by atoms with Crippen molar-refractivity contribution in [2.24, 2.45) is 11.7 Å². The predicted octanol–water partition coefficient (Wildman–Crippen LogP) is 0.798. The summed E-state index contributed by atoms with van der Waals surface area (Å²) in [6.07, 6.45) is 1.82. The zero-order valence-corrected chi connectivity index (χ0v) is 12.0. The molecule has 6 nitrogen and oxygen atoms in total. The Morgan fingerprint density at radius 1 is 1.24 bits per heavy atom. The smallest absolute Gasteiger partial charge is 0.240 e. The average molecular weight is 286 g/mol. The van der Waals surface area contributed by atoms with Crippen LogP contribution in [0.2, 0.25) is 0 Å². The normalized spacial score (nSPS) is 12.3. The number of nitrogens with one attached hydrogen (secondary N) is 1. The van der Waals surface area contributed by atoms with Gasteiger partial charge in [-0.05, 0) is 12.1 Å². The number of carbonyl (C=O) groups is 2. The Morgan fingerprint density at radius 2 is 1.90 bits per heavy atom. The Kier molecular flexibility index (Phi) is 4.47. The molecule has 2 rings (SSSR count). The Labute approximate surface area is 122 Å². The lowest BCUT2D eigenvalue weighted by Crippen LogP contribution is -2.47. The quantitative estimate of drug-likeness (QED) is 0.849. The number of amides is 2. The summed E-state index contributed by atoms with van der Waals surface area (Å²) in [7, 11) is 0. The summed E-state index contributed by atoms with van der Waals surface area (Å²) in [6, 6.07) is 6.67. The van der Waals surface area contributed by atoms with E-state index in [4.69, 9.17) is 5.73 Å². The molecule has 1 aromatic heterocycles. The fraction of sp³-hybridized carbons (Fsp3) is 0.333. The maximum absolute atomic E-state index is 11.7. The molecular weight excluding hydrogens is 268 g/mol. The summed E-state index contributed by atoms with van der Waals surface area (Å²) in [4.78, 5) is 31.9. The van der Waals surface area contributed by atoms with Crippen molar-refractivity contribution in [2.75, 3.05) is 0 Å². The van der Waals surface area contributed by atoms with Crippen molar-refractivity contribution in [3.8, 4) is 0 Å². The fourth-order valence-electron chi connectivity index (χ4n) is 1.86. The van der Waals surface area contributed by atoms with Gasteiger partial charge in [0.2, 0.25) is 11.8 Å². The highest BCUT2D eigenvalue weighted by atomic mass is 16.2. The number of para-hydroxylation sites is 2. The van der Waals surface area contributed by atoms with Crippen molar-refractivity contribution < 1.29 is 9.59 Å². The third kappa shape index (κ3) is 3.75. The van der Waals surface area contributed by atoms with Crippen LogP contribution >= 0.6 is 0 Å². The monoisotopic (exact) mass is 286 g/mol. The first-order chi connectivity index (χ1) is 9.97. The molecule has 0 aliphatic rings. The van der Waals surface area contributed by atoms with Crippen LogP contribution in [-0.4, -0.2) is 27.8 Å². The summed E-state index contributed by atoms with van der Waals surface area (Å²) in [6.45, 7) is 3.51. The SMILES string of the molecule is CC(C)C(=O)N[C@H](Cc1cnc2ccccc2n1)C(N)=O. The summed E-state index contributed by atoms with van der Waals surface area (Å²) >= 11 is 0. The van der Waals surface area contributed by atoms with Crippen molar-refractivity contribution in [3.05, 3.63) is 36.2 Å². The number of nitrogens with two attached hydrogens (primary N) is 1. The highest BCUT2D eigenvalue weighted by molar-refractivity contribution is 5.87. The van der Waals surface area contributed by atoms with Gasteiger partial charge in [0.15, 0.2) is 0 Å². The molecule has 2 amide bonds. The van der Waals surface area contributed by atoms with E-state index in [0.29, 0.717) is 5.69 Å². The number of hydrogen-bond acceptors (Lipinski definition) is 4. The van der Waals surface area contributed by atoms with Crippen LogP contribution in [0.25, 0.3) is 11.0 Å². The number of primary amides is 1. The molecule has 0 aliphatic carbocycles. The molecule has 110 valence electrons. The Hall–Kier alpha value is -2.50. The lowest BCUT2D eigenvalue weighted by atomic mass is 10.1. The van der Waals surface area contributed by atoms with E-state index in [1.54, 1.807) is 20.0 Å². The van der Waals surface area contributed by atoms with Crippen LogP contribution in [-0.2, 0) is 16.0 Å². The maximum atomic E-state index is 11.7. The van der Waals surface area contributed by atoms with Crippen molar-refractivity contribution >= 4 is 22.8 Å². The van der Waals surface area contributed by atoms with Crippen molar-refractivity contribution in [1.82, 2.24) is 15.3 Å². The first-order valence-electron chi connectivity index (χ1n) is 6.77. The zero-order chi connectivity index (χ0) is 15.4. The van der Waals surface area contributed by atoms with Gasteiger partial charge >= 0.3 is 0 Å². The molecule has 1 aromatic carbocycles. The average Bonchev–Trinajstić information content (AvgIpc) is 2.46.